The summed E-state index contributed by atoms with van der Waals surface area (Å²) in [6.07, 6.45) is 1.51. The smallest absolute Gasteiger partial charge is 0.253 e. The van der Waals surface area contributed by atoms with E-state index in [1.807, 2.05) is 0 Å². The Balaban J connectivity index is 1.67. The molecule has 1 N–H and O–H groups in total. The molecule has 0 radical (unpaired) electrons. The van der Waals surface area contributed by atoms with Gasteiger partial charge in [-0.25, -0.2) is 0 Å². The maximum atomic E-state index is 12.8. The van der Waals surface area contributed by atoms with E-state index in [4.69, 9.17) is 21.1 Å². The Hall–Kier alpha value is -2.73. The molecule has 1 heterocycles. The first-order chi connectivity index (χ1) is 13.5. The number of hydrogen-bond donors (Lipinski definition) is 1. The van der Waals surface area contributed by atoms with Crippen molar-refractivity contribution in [3.63, 3.8) is 0 Å². The number of nitrogens with one attached hydrogen (secondary N) is 1. The standard InChI is InChI=1S/C21H23ClN2O4/c1-27-17-9-10-18(19(12-17)28-2)23-20(25)15-4-3-11-24(13-15)21(26)14-5-7-16(22)8-6-14/h5-10,12,15H,3-4,11,13H2,1-2H3,(H,23,25)/t15-/m1/s1. The van der Waals surface area contributed by atoms with Gasteiger partial charge in [0.05, 0.1) is 25.8 Å². The van der Waals surface area contributed by atoms with Crippen LogP contribution in [0.15, 0.2) is 42.5 Å². The van der Waals surface area contributed by atoms with Crippen LogP contribution in [-0.4, -0.2) is 44.0 Å². The van der Waals surface area contributed by atoms with Crippen LogP contribution in [0.1, 0.15) is 23.2 Å². The lowest BCUT2D eigenvalue weighted by Crippen LogP contribution is -2.43. The van der Waals surface area contributed by atoms with Gasteiger partial charge in [-0.2, -0.15) is 0 Å². The molecule has 0 bridgehead atoms. The third-order valence-corrected chi connectivity index (χ3v) is 5.09. The van der Waals surface area contributed by atoms with Crippen molar-refractivity contribution in [2.75, 3.05) is 32.6 Å². The summed E-state index contributed by atoms with van der Waals surface area (Å²) in [6, 6.07) is 12.0. The molecule has 2 aromatic rings. The fourth-order valence-electron chi connectivity index (χ4n) is 3.29. The summed E-state index contributed by atoms with van der Waals surface area (Å²) in [5.74, 6) is 0.676. The van der Waals surface area contributed by atoms with Gasteiger partial charge < -0.3 is 19.7 Å². The van der Waals surface area contributed by atoms with Crippen LogP contribution >= 0.6 is 11.6 Å². The van der Waals surface area contributed by atoms with Gasteiger partial charge in [-0.05, 0) is 49.2 Å². The zero-order chi connectivity index (χ0) is 20.1. The molecule has 1 aliphatic rings. The molecule has 7 heteroatoms. The minimum atomic E-state index is -0.281. The third-order valence-electron chi connectivity index (χ3n) is 4.84. The van der Waals surface area contributed by atoms with Crippen molar-refractivity contribution in [3.05, 3.63) is 53.1 Å². The Labute approximate surface area is 169 Å². The number of amides is 2. The van der Waals surface area contributed by atoms with Crippen molar-refractivity contribution >= 4 is 29.1 Å². The van der Waals surface area contributed by atoms with Gasteiger partial charge in [0.2, 0.25) is 5.91 Å². The van der Waals surface area contributed by atoms with Crippen LogP contribution in [0.4, 0.5) is 5.69 Å². The molecule has 1 saturated heterocycles. The summed E-state index contributed by atoms with van der Waals surface area (Å²) >= 11 is 5.89. The van der Waals surface area contributed by atoms with Gasteiger partial charge in [-0.15, -0.1) is 0 Å². The lowest BCUT2D eigenvalue weighted by atomic mass is 9.96. The number of methoxy groups -OCH3 is 2. The third kappa shape index (κ3) is 4.57. The zero-order valence-corrected chi connectivity index (χ0v) is 16.7. The highest BCUT2D eigenvalue weighted by Gasteiger charge is 2.29. The summed E-state index contributed by atoms with van der Waals surface area (Å²) in [6.45, 7) is 1.02. The number of ether oxygens (including phenoxy) is 2. The molecule has 0 unspecified atom stereocenters. The number of rotatable bonds is 5. The number of halogens is 1. The molecule has 6 nitrogen and oxygen atoms in total. The Bertz CT molecular complexity index is 854. The highest BCUT2D eigenvalue weighted by atomic mass is 35.5. The predicted octanol–water partition coefficient (Wildman–Crippen LogP) is 3.85. The van der Waals surface area contributed by atoms with E-state index in [2.05, 4.69) is 5.32 Å². The second-order valence-electron chi connectivity index (χ2n) is 6.65. The molecule has 1 aliphatic heterocycles. The van der Waals surface area contributed by atoms with E-state index in [9.17, 15) is 9.59 Å². The highest BCUT2D eigenvalue weighted by Crippen LogP contribution is 2.30. The molecule has 0 spiro atoms. The monoisotopic (exact) mass is 402 g/mol. The van der Waals surface area contributed by atoms with Crippen molar-refractivity contribution in [2.45, 2.75) is 12.8 Å². The van der Waals surface area contributed by atoms with Crippen molar-refractivity contribution < 1.29 is 19.1 Å². The number of carbonyl (C=O) groups excluding carboxylic acids is 2. The number of nitrogens with zero attached hydrogens (tertiary/aromatic N) is 1. The molecule has 0 aliphatic carbocycles. The molecule has 0 aromatic heterocycles. The second kappa shape index (κ2) is 8.97. The zero-order valence-electron chi connectivity index (χ0n) is 15.9. The number of likely N-dealkylation sites (tertiary alicyclic amines) is 1. The number of piperidine rings is 1. The Morgan fingerprint density at radius 1 is 1.11 bits per heavy atom. The lowest BCUT2D eigenvalue weighted by molar-refractivity contribution is -0.121. The fourth-order valence-corrected chi connectivity index (χ4v) is 3.41. The van der Waals surface area contributed by atoms with Crippen molar-refractivity contribution in [1.82, 2.24) is 4.90 Å². The number of hydrogen-bond acceptors (Lipinski definition) is 4. The van der Waals surface area contributed by atoms with Gasteiger partial charge in [-0.3, -0.25) is 9.59 Å². The number of anilines is 1. The average Bonchev–Trinajstić information content (AvgIpc) is 2.74. The van der Waals surface area contributed by atoms with Crippen LogP contribution in [0.3, 0.4) is 0 Å². The first kappa shape index (κ1) is 20.0. The van der Waals surface area contributed by atoms with E-state index < -0.39 is 0 Å². The van der Waals surface area contributed by atoms with Crippen LogP contribution < -0.4 is 14.8 Å². The predicted molar refractivity (Wildman–Crippen MR) is 108 cm³/mol. The SMILES string of the molecule is COc1ccc(NC(=O)[C@@H]2CCCN(C(=O)c3ccc(Cl)cc3)C2)c(OC)c1. The molecule has 28 heavy (non-hydrogen) atoms. The van der Waals surface area contributed by atoms with E-state index >= 15 is 0 Å². The van der Waals surface area contributed by atoms with Crippen LogP contribution in [0, 0.1) is 5.92 Å². The summed E-state index contributed by atoms with van der Waals surface area (Å²) in [7, 11) is 3.11. The van der Waals surface area contributed by atoms with Crippen LogP contribution in [0.2, 0.25) is 5.02 Å². The Morgan fingerprint density at radius 3 is 2.54 bits per heavy atom. The van der Waals surface area contributed by atoms with Crippen molar-refractivity contribution in [1.29, 1.82) is 0 Å². The Morgan fingerprint density at radius 2 is 1.86 bits per heavy atom. The minimum Gasteiger partial charge on any atom is -0.497 e. The molecule has 2 aromatic carbocycles. The maximum absolute atomic E-state index is 12.8. The van der Waals surface area contributed by atoms with Crippen LogP contribution in [-0.2, 0) is 4.79 Å². The first-order valence-corrected chi connectivity index (χ1v) is 9.47. The van der Waals surface area contributed by atoms with Gasteiger partial charge >= 0.3 is 0 Å². The highest BCUT2D eigenvalue weighted by molar-refractivity contribution is 6.30. The van der Waals surface area contributed by atoms with Gasteiger partial charge in [0.1, 0.15) is 11.5 Å². The summed E-state index contributed by atoms with van der Waals surface area (Å²) in [4.78, 5) is 27.2. The van der Waals surface area contributed by atoms with Gasteiger partial charge in [0.15, 0.2) is 0 Å². The van der Waals surface area contributed by atoms with Crippen LogP contribution in [0.5, 0.6) is 11.5 Å². The topological polar surface area (TPSA) is 67.9 Å². The average molecular weight is 403 g/mol. The van der Waals surface area contributed by atoms with Gasteiger partial charge in [-0.1, -0.05) is 11.6 Å². The fraction of sp³-hybridized carbons (Fsp3) is 0.333. The van der Waals surface area contributed by atoms with E-state index in [-0.39, 0.29) is 17.7 Å². The molecular weight excluding hydrogens is 380 g/mol. The van der Waals surface area contributed by atoms with E-state index in [0.29, 0.717) is 40.9 Å². The molecule has 3 rings (SSSR count). The van der Waals surface area contributed by atoms with Crippen molar-refractivity contribution in [2.24, 2.45) is 5.92 Å². The molecule has 1 fully saturated rings. The normalized spacial score (nSPS) is 16.4. The molecule has 0 saturated carbocycles. The largest absolute Gasteiger partial charge is 0.497 e. The molecule has 1 atom stereocenters. The molecular formula is C21H23ClN2O4. The van der Waals surface area contributed by atoms with E-state index in [1.165, 1.54) is 7.11 Å². The maximum Gasteiger partial charge on any atom is 0.253 e. The molecule has 148 valence electrons. The lowest BCUT2D eigenvalue weighted by Gasteiger charge is -2.32. The molecule has 2 amide bonds. The quantitative estimate of drug-likeness (QED) is 0.824. The second-order valence-corrected chi connectivity index (χ2v) is 7.09. The van der Waals surface area contributed by atoms with E-state index in [1.54, 1.807) is 54.5 Å². The summed E-state index contributed by atoms with van der Waals surface area (Å²) < 4.78 is 10.5. The van der Waals surface area contributed by atoms with Gasteiger partial charge in [0.25, 0.3) is 5.91 Å². The number of benzene rings is 2. The minimum absolute atomic E-state index is 0.0869. The van der Waals surface area contributed by atoms with Crippen molar-refractivity contribution in [3.8, 4) is 11.5 Å². The number of carbonyl (C=O) groups is 2. The summed E-state index contributed by atoms with van der Waals surface area (Å²) in [5.41, 5.74) is 1.15. The van der Waals surface area contributed by atoms with E-state index in [0.717, 1.165) is 12.8 Å². The van der Waals surface area contributed by atoms with Crippen LogP contribution in [0.25, 0.3) is 0 Å². The first-order valence-electron chi connectivity index (χ1n) is 9.09. The summed E-state index contributed by atoms with van der Waals surface area (Å²) in [5, 5.41) is 3.50. The van der Waals surface area contributed by atoms with Gasteiger partial charge in [0, 0.05) is 29.7 Å². The Kier molecular flexibility index (Phi) is 6.41.